The lowest BCUT2D eigenvalue weighted by Crippen LogP contribution is -2.02. The standard InChI is InChI=1S/C3H7N2P/c6-5-2-1-4-3-5/h3H,1-2,6H2. The molecule has 0 aromatic carbocycles. The largest absolute Gasteiger partial charge is 0.346 e. The van der Waals surface area contributed by atoms with E-state index in [0.29, 0.717) is 0 Å². The maximum absolute atomic E-state index is 3.94. The van der Waals surface area contributed by atoms with Gasteiger partial charge in [0.1, 0.15) is 0 Å². The quantitative estimate of drug-likeness (QED) is 0.397. The maximum atomic E-state index is 3.94. The predicted octanol–water partition coefficient (Wildman–Crippen LogP) is 0.120. The molecule has 1 heterocycles. The molecule has 0 fully saturated rings. The van der Waals surface area contributed by atoms with E-state index < -0.39 is 0 Å². The second kappa shape index (κ2) is 1.57. The van der Waals surface area contributed by atoms with E-state index in [1.54, 1.807) is 0 Å². The highest BCUT2D eigenvalue weighted by Gasteiger charge is 1.94. The topological polar surface area (TPSA) is 15.6 Å². The van der Waals surface area contributed by atoms with Gasteiger partial charge in [-0.2, -0.15) is 0 Å². The number of hydrogen-bond donors (Lipinski definition) is 0. The summed E-state index contributed by atoms with van der Waals surface area (Å²) in [5.41, 5.74) is 0. The van der Waals surface area contributed by atoms with Gasteiger partial charge in [0.25, 0.3) is 0 Å². The molecule has 1 rings (SSSR count). The summed E-state index contributed by atoms with van der Waals surface area (Å²) in [6, 6.07) is 0. The molecule has 34 valence electrons. The first-order chi connectivity index (χ1) is 2.89. The van der Waals surface area contributed by atoms with Crippen molar-refractivity contribution in [3.63, 3.8) is 0 Å². The van der Waals surface area contributed by atoms with Crippen LogP contribution in [-0.4, -0.2) is 24.1 Å². The van der Waals surface area contributed by atoms with Gasteiger partial charge in [-0.1, -0.05) is 0 Å². The third-order valence-electron chi connectivity index (χ3n) is 0.717. The molecule has 1 aliphatic heterocycles. The SMILES string of the molecule is PN1C=NCC1. The normalized spacial score (nSPS) is 19.8. The first-order valence-electron chi connectivity index (χ1n) is 1.91. The highest BCUT2D eigenvalue weighted by Crippen LogP contribution is 1.97. The molecule has 0 N–H and O–H groups in total. The Balaban J connectivity index is 2.38. The predicted molar refractivity (Wildman–Crippen MR) is 29.8 cm³/mol. The van der Waals surface area contributed by atoms with E-state index in [1.165, 1.54) is 0 Å². The van der Waals surface area contributed by atoms with Crippen molar-refractivity contribution in [2.24, 2.45) is 4.99 Å². The van der Waals surface area contributed by atoms with E-state index in [-0.39, 0.29) is 0 Å². The van der Waals surface area contributed by atoms with Crippen LogP contribution >= 0.6 is 9.39 Å². The summed E-state index contributed by atoms with van der Waals surface area (Å²) in [6.45, 7) is 2.02. The van der Waals surface area contributed by atoms with Gasteiger partial charge in [0.2, 0.25) is 0 Å². The molecule has 0 saturated carbocycles. The van der Waals surface area contributed by atoms with Gasteiger partial charge in [-0.3, -0.25) is 4.99 Å². The first kappa shape index (κ1) is 4.07. The van der Waals surface area contributed by atoms with Crippen LogP contribution in [0.5, 0.6) is 0 Å². The van der Waals surface area contributed by atoms with Crippen molar-refractivity contribution in [2.45, 2.75) is 0 Å². The molecule has 0 bridgehead atoms. The second-order valence-corrected chi connectivity index (χ2v) is 1.92. The van der Waals surface area contributed by atoms with E-state index in [2.05, 4.69) is 14.4 Å². The molecule has 2 nitrogen and oxygen atoms in total. The first-order valence-corrected chi connectivity index (χ1v) is 2.42. The fourth-order valence-electron chi connectivity index (χ4n) is 0.394. The summed E-state index contributed by atoms with van der Waals surface area (Å²) >= 11 is 0. The molecule has 0 aromatic heterocycles. The molecule has 0 radical (unpaired) electrons. The van der Waals surface area contributed by atoms with Crippen molar-refractivity contribution < 1.29 is 0 Å². The zero-order chi connectivity index (χ0) is 4.41. The molecule has 0 aliphatic carbocycles. The molecule has 0 saturated heterocycles. The van der Waals surface area contributed by atoms with E-state index >= 15 is 0 Å². The van der Waals surface area contributed by atoms with Crippen LogP contribution in [0.2, 0.25) is 0 Å². The summed E-state index contributed by atoms with van der Waals surface area (Å²) in [5.74, 6) is 0. The van der Waals surface area contributed by atoms with Crippen LogP contribution < -0.4 is 0 Å². The number of rotatable bonds is 0. The van der Waals surface area contributed by atoms with Crippen molar-refractivity contribution in [3.8, 4) is 0 Å². The Morgan fingerprint density at radius 1 is 1.83 bits per heavy atom. The lowest BCUT2D eigenvalue weighted by molar-refractivity contribution is 0.749. The van der Waals surface area contributed by atoms with Crippen molar-refractivity contribution in [1.82, 2.24) is 4.67 Å². The van der Waals surface area contributed by atoms with E-state index in [4.69, 9.17) is 0 Å². The minimum atomic E-state index is 0.962. The Kier molecular flexibility index (Phi) is 1.06. The number of nitrogens with zero attached hydrogens (tertiary/aromatic N) is 2. The van der Waals surface area contributed by atoms with Crippen LogP contribution in [0.4, 0.5) is 0 Å². The van der Waals surface area contributed by atoms with E-state index in [9.17, 15) is 0 Å². The van der Waals surface area contributed by atoms with Crippen molar-refractivity contribution in [2.75, 3.05) is 13.1 Å². The van der Waals surface area contributed by atoms with Crippen LogP contribution in [0.3, 0.4) is 0 Å². The molecule has 6 heavy (non-hydrogen) atoms. The molecule has 0 amide bonds. The van der Waals surface area contributed by atoms with Crippen LogP contribution in [0.25, 0.3) is 0 Å². The van der Waals surface area contributed by atoms with Crippen molar-refractivity contribution in [3.05, 3.63) is 0 Å². The highest BCUT2D eigenvalue weighted by molar-refractivity contribution is 7.14. The Bertz CT molecular complexity index is 71.2. The minimum Gasteiger partial charge on any atom is -0.346 e. The van der Waals surface area contributed by atoms with Gasteiger partial charge in [0.05, 0.1) is 12.9 Å². The minimum absolute atomic E-state index is 0.962. The van der Waals surface area contributed by atoms with E-state index in [1.807, 2.05) is 11.0 Å². The van der Waals surface area contributed by atoms with Gasteiger partial charge in [0.15, 0.2) is 0 Å². The Hall–Kier alpha value is -0.100. The molecular formula is C3H7N2P. The lowest BCUT2D eigenvalue weighted by Gasteiger charge is -1.99. The summed E-state index contributed by atoms with van der Waals surface area (Å²) in [4.78, 5) is 3.94. The number of hydrogen-bond acceptors (Lipinski definition) is 2. The van der Waals surface area contributed by atoms with Gasteiger partial charge in [-0.05, 0) is 9.39 Å². The summed E-state index contributed by atoms with van der Waals surface area (Å²) < 4.78 is 1.99. The van der Waals surface area contributed by atoms with Crippen LogP contribution in [0.1, 0.15) is 0 Å². The molecule has 1 unspecified atom stereocenters. The van der Waals surface area contributed by atoms with Gasteiger partial charge in [-0.15, -0.1) is 0 Å². The van der Waals surface area contributed by atoms with Gasteiger partial charge in [0, 0.05) is 6.54 Å². The van der Waals surface area contributed by atoms with Crippen molar-refractivity contribution in [1.29, 1.82) is 0 Å². The second-order valence-electron chi connectivity index (χ2n) is 1.26. The Morgan fingerprint density at radius 2 is 2.67 bits per heavy atom. The van der Waals surface area contributed by atoms with Crippen LogP contribution in [0.15, 0.2) is 4.99 Å². The van der Waals surface area contributed by atoms with Crippen molar-refractivity contribution >= 4 is 15.7 Å². The van der Waals surface area contributed by atoms with E-state index in [0.717, 1.165) is 13.1 Å². The molecule has 1 atom stereocenters. The zero-order valence-corrected chi connectivity index (χ0v) is 4.62. The maximum Gasteiger partial charge on any atom is 0.0879 e. The summed E-state index contributed by atoms with van der Waals surface area (Å²) in [6.07, 6.45) is 1.82. The molecule has 1 aliphatic rings. The monoisotopic (exact) mass is 102 g/mol. The zero-order valence-electron chi connectivity index (χ0n) is 3.46. The highest BCUT2D eigenvalue weighted by atomic mass is 31.0. The molecule has 3 heteroatoms. The fraction of sp³-hybridized carbons (Fsp3) is 0.667. The van der Waals surface area contributed by atoms with Crippen LogP contribution in [0, 0.1) is 0 Å². The average molecular weight is 102 g/mol. The van der Waals surface area contributed by atoms with Gasteiger partial charge >= 0.3 is 0 Å². The molecular weight excluding hydrogens is 95.0 g/mol. The average Bonchev–Trinajstić information content (AvgIpc) is 1.86. The third kappa shape index (κ3) is 0.689. The summed E-state index contributed by atoms with van der Waals surface area (Å²) in [5, 5.41) is 0. The smallest absolute Gasteiger partial charge is 0.0879 e. The molecule has 0 aromatic rings. The fourth-order valence-corrected chi connectivity index (χ4v) is 0.603. The van der Waals surface area contributed by atoms with Gasteiger partial charge in [-0.25, -0.2) is 0 Å². The van der Waals surface area contributed by atoms with Gasteiger partial charge < -0.3 is 4.67 Å². The number of aliphatic imine (C=N–C) groups is 1. The Labute approximate surface area is 39.5 Å². The summed E-state index contributed by atoms with van der Waals surface area (Å²) in [7, 11) is 2.56. The molecule has 0 spiro atoms. The Morgan fingerprint density at radius 3 is 2.83 bits per heavy atom. The van der Waals surface area contributed by atoms with Crippen LogP contribution in [-0.2, 0) is 0 Å². The lowest BCUT2D eigenvalue weighted by atomic mass is 10.7. The third-order valence-corrected chi connectivity index (χ3v) is 1.11.